The van der Waals surface area contributed by atoms with Crippen molar-refractivity contribution < 1.29 is 4.52 Å². The van der Waals surface area contributed by atoms with Crippen LogP contribution in [0.15, 0.2) is 33.5 Å². The van der Waals surface area contributed by atoms with Crippen molar-refractivity contribution in [1.82, 2.24) is 20.3 Å². The van der Waals surface area contributed by atoms with Gasteiger partial charge in [0, 0.05) is 51.9 Å². The molecule has 0 saturated carbocycles. The molecule has 0 unspecified atom stereocenters. The number of nitrogens with one attached hydrogen (secondary N) is 1. The van der Waals surface area contributed by atoms with Gasteiger partial charge in [-0.1, -0.05) is 16.8 Å². The van der Waals surface area contributed by atoms with Gasteiger partial charge >= 0.3 is 0 Å². The molecule has 1 N–H and O–H groups in total. The van der Waals surface area contributed by atoms with Crippen LogP contribution in [0.5, 0.6) is 0 Å². The van der Waals surface area contributed by atoms with Gasteiger partial charge in [0.05, 0.1) is 5.69 Å². The van der Waals surface area contributed by atoms with Gasteiger partial charge in [-0.15, -0.1) is 0 Å². The third kappa shape index (κ3) is 5.59. The molecule has 0 aromatic carbocycles. The lowest BCUT2D eigenvalue weighted by Crippen LogP contribution is -2.52. The van der Waals surface area contributed by atoms with Crippen LogP contribution >= 0.6 is 0 Å². The molecule has 1 aliphatic heterocycles. The van der Waals surface area contributed by atoms with Gasteiger partial charge in [0.1, 0.15) is 6.26 Å². The van der Waals surface area contributed by atoms with Crippen LogP contribution in [0.25, 0.3) is 0 Å². The van der Waals surface area contributed by atoms with E-state index in [1.165, 1.54) is 25.7 Å². The summed E-state index contributed by atoms with van der Waals surface area (Å²) in [5.41, 5.74) is 2.61. The van der Waals surface area contributed by atoms with Crippen molar-refractivity contribution in [2.75, 3.05) is 39.3 Å². The molecular weight excluding hydrogens is 314 g/mol. The Morgan fingerprint density at radius 2 is 2.16 bits per heavy atom. The Morgan fingerprint density at radius 3 is 2.84 bits per heavy atom. The van der Waals surface area contributed by atoms with Crippen molar-refractivity contribution in [3.8, 4) is 0 Å². The van der Waals surface area contributed by atoms with E-state index in [0.717, 1.165) is 63.9 Å². The Hall–Kier alpha value is -1.82. The van der Waals surface area contributed by atoms with Gasteiger partial charge in [-0.05, 0) is 39.0 Å². The molecule has 0 spiro atoms. The molecule has 6 nitrogen and oxygen atoms in total. The summed E-state index contributed by atoms with van der Waals surface area (Å²) in [5, 5.41) is 7.47. The van der Waals surface area contributed by atoms with Crippen molar-refractivity contribution in [3.63, 3.8) is 0 Å². The largest absolute Gasteiger partial charge is 0.364 e. The van der Waals surface area contributed by atoms with Crippen LogP contribution in [0.4, 0.5) is 0 Å². The summed E-state index contributed by atoms with van der Waals surface area (Å²) in [6.45, 7) is 8.89. The Balaban J connectivity index is 1.47. The Kier molecular flexibility index (Phi) is 6.91. The molecule has 6 heteroatoms. The molecule has 1 aromatic rings. The van der Waals surface area contributed by atoms with E-state index in [1.54, 1.807) is 11.8 Å². The molecule has 1 aliphatic carbocycles. The quantitative estimate of drug-likeness (QED) is 0.488. The van der Waals surface area contributed by atoms with Crippen molar-refractivity contribution in [3.05, 3.63) is 29.7 Å². The monoisotopic (exact) mass is 345 g/mol. The summed E-state index contributed by atoms with van der Waals surface area (Å²) >= 11 is 0. The normalized spacial score (nSPS) is 19.8. The zero-order chi connectivity index (χ0) is 17.3. The Labute approximate surface area is 150 Å². The zero-order valence-electron chi connectivity index (χ0n) is 15.4. The van der Waals surface area contributed by atoms with Crippen molar-refractivity contribution in [2.45, 2.75) is 45.6 Å². The van der Waals surface area contributed by atoms with Crippen molar-refractivity contribution in [2.24, 2.45) is 4.99 Å². The predicted octanol–water partition coefficient (Wildman–Crippen LogP) is 2.65. The van der Waals surface area contributed by atoms with E-state index in [0.29, 0.717) is 0 Å². The lowest BCUT2D eigenvalue weighted by molar-refractivity contribution is 0.169. The van der Waals surface area contributed by atoms with E-state index in [-0.39, 0.29) is 0 Å². The summed E-state index contributed by atoms with van der Waals surface area (Å²) in [6.07, 6.45) is 10.4. The molecule has 0 atom stereocenters. The van der Waals surface area contributed by atoms with Crippen LogP contribution in [0, 0.1) is 0 Å². The fourth-order valence-electron chi connectivity index (χ4n) is 3.53. The molecule has 25 heavy (non-hydrogen) atoms. The van der Waals surface area contributed by atoms with Gasteiger partial charge in [0.15, 0.2) is 5.96 Å². The number of aromatic nitrogens is 1. The second kappa shape index (κ2) is 9.61. The highest BCUT2D eigenvalue weighted by atomic mass is 16.5. The fraction of sp³-hybridized carbons (Fsp3) is 0.684. The number of aliphatic imine (C=N–C) groups is 1. The van der Waals surface area contributed by atoms with Crippen LogP contribution in [-0.2, 0) is 6.54 Å². The topological polar surface area (TPSA) is 56.9 Å². The fourth-order valence-corrected chi connectivity index (χ4v) is 3.53. The lowest BCUT2D eigenvalue weighted by atomic mass is 9.97. The van der Waals surface area contributed by atoms with Crippen LogP contribution in [-0.4, -0.2) is 60.2 Å². The molecule has 138 valence electrons. The number of piperazine rings is 1. The highest BCUT2D eigenvalue weighted by molar-refractivity contribution is 5.80. The standard InChI is InChI=1S/C19H31N5O/c1-2-20-19(21-10-8-17-6-4-3-5-7-17)24-13-11-23(12-14-24)16-18-9-15-25-22-18/h6,9,15H,2-5,7-8,10-14,16H2,1H3,(H,20,21). The highest BCUT2D eigenvalue weighted by Gasteiger charge is 2.20. The van der Waals surface area contributed by atoms with Gasteiger partial charge in [-0.3, -0.25) is 9.89 Å². The van der Waals surface area contributed by atoms with E-state index >= 15 is 0 Å². The smallest absolute Gasteiger partial charge is 0.194 e. The summed E-state index contributed by atoms with van der Waals surface area (Å²) in [6, 6.07) is 1.94. The second-order valence-corrected chi connectivity index (χ2v) is 6.85. The van der Waals surface area contributed by atoms with Crippen LogP contribution in [0.1, 0.15) is 44.7 Å². The molecular formula is C19H31N5O. The molecule has 2 heterocycles. The maximum Gasteiger partial charge on any atom is 0.194 e. The van der Waals surface area contributed by atoms with Gasteiger partial charge in [0.2, 0.25) is 0 Å². The minimum absolute atomic E-state index is 0.867. The van der Waals surface area contributed by atoms with E-state index in [1.807, 2.05) is 6.07 Å². The van der Waals surface area contributed by atoms with E-state index in [4.69, 9.17) is 9.52 Å². The van der Waals surface area contributed by atoms with E-state index in [9.17, 15) is 0 Å². The highest BCUT2D eigenvalue weighted by Crippen LogP contribution is 2.19. The number of rotatable bonds is 6. The summed E-state index contributed by atoms with van der Waals surface area (Å²) in [7, 11) is 0. The molecule has 0 radical (unpaired) electrons. The lowest BCUT2D eigenvalue weighted by Gasteiger charge is -2.36. The third-order valence-corrected chi connectivity index (χ3v) is 4.96. The summed E-state index contributed by atoms with van der Waals surface area (Å²) in [5.74, 6) is 1.07. The predicted molar refractivity (Wildman–Crippen MR) is 100 cm³/mol. The minimum atomic E-state index is 0.867. The number of hydrogen-bond donors (Lipinski definition) is 1. The van der Waals surface area contributed by atoms with Gasteiger partial charge in [-0.2, -0.15) is 0 Å². The van der Waals surface area contributed by atoms with Crippen molar-refractivity contribution >= 4 is 5.96 Å². The molecule has 0 bridgehead atoms. The second-order valence-electron chi connectivity index (χ2n) is 6.85. The third-order valence-electron chi connectivity index (χ3n) is 4.96. The molecule has 3 rings (SSSR count). The van der Waals surface area contributed by atoms with Crippen LogP contribution in [0.2, 0.25) is 0 Å². The molecule has 1 saturated heterocycles. The first-order valence-electron chi connectivity index (χ1n) is 9.68. The van der Waals surface area contributed by atoms with Gasteiger partial charge in [0.25, 0.3) is 0 Å². The van der Waals surface area contributed by atoms with Crippen LogP contribution in [0.3, 0.4) is 0 Å². The van der Waals surface area contributed by atoms with Gasteiger partial charge < -0.3 is 14.7 Å². The average Bonchev–Trinajstić information content (AvgIpc) is 3.16. The summed E-state index contributed by atoms with van der Waals surface area (Å²) < 4.78 is 4.92. The molecule has 2 aliphatic rings. The molecule has 0 amide bonds. The SMILES string of the molecule is CCNC(=NCCC1=CCCCC1)N1CCN(Cc2ccon2)CC1. The van der Waals surface area contributed by atoms with Crippen LogP contribution < -0.4 is 5.32 Å². The molecule has 1 fully saturated rings. The Bertz CT molecular complexity index is 558. The number of hydrogen-bond acceptors (Lipinski definition) is 4. The van der Waals surface area contributed by atoms with E-state index < -0.39 is 0 Å². The number of guanidine groups is 1. The first kappa shape index (κ1) is 18.0. The Morgan fingerprint density at radius 1 is 1.28 bits per heavy atom. The number of nitrogens with zero attached hydrogens (tertiary/aromatic N) is 4. The summed E-state index contributed by atoms with van der Waals surface area (Å²) in [4.78, 5) is 9.69. The zero-order valence-corrected chi connectivity index (χ0v) is 15.4. The van der Waals surface area contributed by atoms with Crippen molar-refractivity contribution in [1.29, 1.82) is 0 Å². The maximum atomic E-state index is 4.92. The first-order valence-corrected chi connectivity index (χ1v) is 9.68. The average molecular weight is 345 g/mol. The minimum Gasteiger partial charge on any atom is -0.364 e. The number of allylic oxidation sites excluding steroid dienone is 1. The molecule has 1 aromatic heterocycles. The maximum absolute atomic E-state index is 4.92. The first-order chi connectivity index (χ1) is 12.3. The van der Waals surface area contributed by atoms with E-state index in [2.05, 4.69) is 33.3 Å². The van der Waals surface area contributed by atoms with Gasteiger partial charge in [-0.25, -0.2) is 0 Å².